The Bertz CT molecular complexity index is 364. The van der Waals surface area contributed by atoms with Crippen LogP contribution in [-0.2, 0) is 0 Å². The highest BCUT2D eigenvalue weighted by Crippen LogP contribution is 2.18. The maximum absolute atomic E-state index is 5.28. The van der Waals surface area contributed by atoms with Gasteiger partial charge in [0, 0.05) is 6.04 Å². The van der Waals surface area contributed by atoms with Crippen molar-refractivity contribution in [2.45, 2.75) is 71.3 Å². The second kappa shape index (κ2) is 11.6. The Morgan fingerprint density at radius 1 is 1.00 bits per heavy atom. The van der Waals surface area contributed by atoms with Crippen LogP contribution in [0.5, 0.6) is 5.75 Å². The minimum absolute atomic E-state index is 0.393. The smallest absolute Gasteiger partial charge is 0.119 e. The summed E-state index contributed by atoms with van der Waals surface area (Å²) in [5.74, 6) is 0.938. The molecule has 120 valence electrons. The monoisotopic (exact) mass is 291 g/mol. The summed E-state index contributed by atoms with van der Waals surface area (Å²) in [6.07, 6.45) is 11.0. The first-order valence-electron chi connectivity index (χ1n) is 8.65. The van der Waals surface area contributed by atoms with Gasteiger partial charge in [-0.15, -0.1) is 0 Å². The first-order valence-corrected chi connectivity index (χ1v) is 8.65. The Labute approximate surface area is 131 Å². The van der Waals surface area contributed by atoms with Gasteiger partial charge >= 0.3 is 0 Å². The van der Waals surface area contributed by atoms with E-state index in [-0.39, 0.29) is 0 Å². The summed E-state index contributed by atoms with van der Waals surface area (Å²) < 4.78 is 5.28. The normalized spacial score (nSPS) is 12.3. The molecule has 2 heteroatoms. The molecule has 2 nitrogen and oxygen atoms in total. The zero-order valence-electron chi connectivity index (χ0n) is 14.2. The summed E-state index contributed by atoms with van der Waals surface area (Å²) in [6.45, 7) is 5.60. The van der Waals surface area contributed by atoms with Crippen LogP contribution in [0.2, 0.25) is 0 Å². The molecular weight excluding hydrogens is 258 g/mol. The molecule has 0 saturated heterocycles. The number of ether oxygens (including phenoxy) is 1. The van der Waals surface area contributed by atoms with E-state index in [0.29, 0.717) is 6.04 Å². The molecule has 0 aliphatic heterocycles. The molecular formula is C19H33NO. The minimum atomic E-state index is 0.393. The van der Waals surface area contributed by atoms with Gasteiger partial charge in [-0.25, -0.2) is 0 Å². The predicted octanol–water partition coefficient (Wildman–Crippen LogP) is 5.49. The number of nitrogens with one attached hydrogen (secondary N) is 1. The van der Waals surface area contributed by atoms with Gasteiger partial charge in [0.05, 0.1) is 7.11 Å². The standard InChI is InChI=1S/C19H33NO/c1-4-5-6-7-8-9-10-11-15-20-17(2)18-13-12-14-19(16-18)21-3/h12-14,16-17,20H,4-11,15H2,1-3H3/t17-/m0/s1. The topological polar surface area (TPSA) is 21.3 Å². The quantitative estimate of drug-likeness (QED) is 0.514. The summed E-state index contributed by atoms with van der Waals surface area (Å²) in [6, 6.07) is 8.72. The number of benzene rings is 1. The van der Waals surface area contributed by atoms with E-state index in [2.05, 4.69) is 37.4 Å². The zero-order chi connectivity index (χ0) is 15.3. The van der Waals surface area contributed by atoms with Crippen LogP contribution in [0.15, 0.2) is 24.3 Å². The maximum Gasteiger partial charge on any atom is 0.119 e. The van der Waals surface area contributed by atoms with Crippen molar-refractivity contribution in [3.8, 4) is 5.75 Å². The Balaban J connectivity index is 2.06. The van der Waals surface area contributed by atoms with Crippen molar-refractivity contribution < 1.29 is 4.74 Å². The van der Waals surface area contributed by atoms with Gasteiger partial charge in [0.2, 0.25) is 0 Å². The fourth-order valence-corrected chi connectivity index (χ4v) is 2.61. The van der Waals surface area contributed by atoms with Crippen LogP contribution in [0.1, 0.15) is 76.8 Å². The fourth-order valence-electron chi connectivity index (χ4n) is 2.61. The molecule has 0 heterocycles. The highest BCUT2D eigenvalue weighted by molar-refractivity contribution is 5.30. The summed E-state index contributed by atoms with van der Waals surface area (Å²) >= 11 is 0. The van der Waals surface area contributed by atoms with Crippen LogP contribution in [0.25, 0.3) is 0 Å². The Morgan fingerprint density at radius 3 is 2.33 bits per heavy atom. The van der Waals surface area contributed by atoms with Gasteiger partial charge in [0.25, 0.3) is 0 Å². The molecule has 0 bridgehead atoms. The van der Waals surface area contributed by atoms with Gasteiger partial charge in [-0.1, -0.05) is 64.0 Å². The van der Waals surface area contributed by atoms with Gasteiger partial charge in [-0.2, -0.15) is 0 Å². The van der Waals surface area contributed by atoms with Gasteiger partial charge in [-0.05, 0) is 37.6 Å². The third-order valence-corrected chi connectivity index (χ3v) is 4.07. The first kappa shape index (κ1) is 18.0. The molecule has 21 heavy (non-hydrogen) atoms. The number of unbranched alkanes of at least 4 members (excludes halogenated alkanes) is 7. The lowest BCUT2D eigenvalue weighted by Gasteiger charge is -2.15. The first-order chi connectivity index (χ1) is 10.3. The van der Waals surface area contributed by atoms with Crippen LogP contribution in [0.3, 0.4) is 0 Å². The molecule has 0 aliphatic rings. The van der Waals surface area contributed by atoms with E-state index in [0.717, 1.165) is 12.3 Å². The SMILES string of the molecule is CCCCCCCCCCN[C@@H](C)c1cccc(OC)c1. The lowest BCUT2D eigenvalue weighted by molar-refractivity contribution is 0.413. The second-order valence-electron chi connectivity index (χ2n) is 5.93. The van der Waals surface area contributed by atoms with Crippen LogP contribution in [0.4, 0.5) is 0 Å². The van der Waals surface area contributed by atoms with Crippen molar-refractivity contribution >= 4 is 0 Å². The molecule has 0 amide bonds. The fraction of sp³-hybridized carbons (Fsp3) is 0.684. The molecule has 1 rings (SSSR count). The van der Waals surface area contributed by atoms with Crippen molar-refractivity contribution in [2.75, 3.05) is 13.7 Å². The molecule has 0 spiro atoms. The van der Waals surface area contributed by atoms with Gasteiger partial charge in [0.1, 0.15) is 5.75 Å². The molecule has 0 aliphatic carbocycles. The van der Waals surface area contributed by atoms with Crippen molar-refractivity contribution in [2.24, 2.45) is 0 Å². The van der Waals surface area contributed by atoms with Crippen molar-refractivity contribution in [3.63, 3.8) is 0 Å². The summed E-state index contributed by atoms with van der Waals surface area (Å²) in [7, 11) is 1.72. The number of rotatable bonds is 12. The Kier molecular flexibility index (Phi) is 9.98. The summed E-state index contributed by atoms with van der Waals surface area (Å²) in [5.41, 5.74) is 1.30. The summed E-state index contributed by atoms with van der Waals surface area (Å²) in [5, 5.41) is 3.61. The Morgan fingerprint density at radius 2 is 1.67 bits per heavy atom. The molecule has 0 unspecified atom stereocenters. The van der Waals surface area contributed by atoms with E-state index in [1.165, 1.54) is 56.9 Å². The Hall–Kier alpha value is -1.02. The van der Waals surface area contributed by atoms with E-state index in [9.17, 15) is 0 Å². The number of methoxy groups -OCH3 is 1. The summed E-state index contributed by atoms with van der Waals surface area (Å²) in [4.78, 5) is 0. The molecule has 0 radical (unpaired) electrons. The average molecular weight is 291 g/mol. The van der Waals surface area contributed by atoms with Crippen molar-refractivity contribution in [1.29, 1.82) is 0 Å². The van der Waals surface area contributed by atoms with Crippen LogP contribution < -0.4 is 10.1 Å². The molecule has 0 fully saturated rings. The maximum atomic E-state index is 5.28. The van der Waals surface area contributed by atoms with Gasteiger partial charge < -0.3 is 10.1 Å². The van der Waals surface area contributed by atoms with E-state index in [1.54, 1.807) is 7.11 Å². The zero-order valence-corrected chi connectivity index (χ0v) is 14.2. The van der Waals surface area contributed by atoms with Crippen molar-refractivity contribution in [1.82, 2.24) is 5.32 Å². The number of hydrogen-bond donors (Lipinski definition) is 1. The van der Waals surface area contributed by atoms with Gasteiger partial charge in [-0.3, -0.25) is 0 Å². The molecule has 0 aromatic heterocycles. The molecule has 1 atom stereocenters. The highest BCUT2D eigenvalue weighted by Gasteiger charge is 2.05. The average Bonchev–Trinajstić information content (AvgIpc) is 2.53. The van der Waals surface area contributed by atoms with Crippen molar-refractivity contribution in [3.05, 3.63) is 29.8 Å². The second-order valence-corrected chi connectivity index (χ2v) is 5.93. The lowest BCUT2D eigenvalue weighted by atomic mass is 10.1. The molecule has 1 aromatic rings. The lowest BCUT2D eigenvalue weighted by Crippen LogP contribution is -2.19. The van der Waals surface area contributed by atoms with Gasteiger partial charge in [0.15, 0.2) is 0 Å². The van der Waals surface area contributed by atoms with Crippen LogP contribution >= 0.6 is 0 Å². The molecule has 1 N–H and O–H groups in total. The largest absolute Gasteiger partial charge is 0.497 e. The number of hydrogen-bond acceptors (Lipinski definition) is 2. The molecule has 1 aromatic carbocycles. The predicted molar refractivity (Wildman–Crippen MR) is 92.0 cm³/mol. The molecule has 0 saturated carbocycles. The third-order valence-electron chi connectivity index (χ3n) is 4.07. The third kappa shape index (κ3) is 8.11. The van der Waals surface area contributed by atoms with Crippen LogP contribution in [-0.4, -0.2) is 13.7 Å². The minimum Gasteiger partial charge on any atom is -0.497 e. The van der Waals surface area contributed by atoms with Crippen LogP contribution in [0, 0.1) is 0 Å². The van der Waals surface area contributed by atoms with E-state index in [4.69, 9.17) is 4.74 Å². The highest BCUT2D eigenvalue weighted by atomic mass is 16.5. The van der Waals surface area contributed by atoms with E-state index >= 15 is 0 Å². The van der Waals surface area contributed by atoms with E-state index in [1.807, 2.05) is 6.07 Å². The van der Waals surface area contributed by atoms with E-state index < -0.39 is 0 Å².